The van der Waals surface area contributed by atoms with Crippen LogP contribution < -0.4 is 16.4 Å². The number of nitrogens with two attached hydrogens (primary N) is 1. The number of carbonyl (C=O) groups is 2. The fourth-order valence-corrected chi connectivity index (χ4v) is 2.49. The van der Waals surface area contributed by atoms with Gasteiger partial charge in [0.1, 0.15) is 0 Å². The molecular formula is C19H17N3O2. The van der Waals surface area contributed by atoms with Crippen LogP contribution in [0.1, 0.15) is 15.9 Å². The van der Waals surface area contributed by atoms with E-state index < -0.39 is 6.03 Å². The highest BCUT2D eigenvalue weighted by Crippen LogP contribution is 2.23. The number of benzene rings is 3. The fraction of sp³-hybridized carbons (Fsp3) is 0.0526. The standard InChI is InChI=1S/C19H17N3O2/c20-19(24)21-12-13-8-10-15(11-9-13)18(23)22-17-7-3-5-14-4-1-2-6-16(14)17/h1-11H,12H2,(H,22,23)(H3,20,21,24). The lowest BCUT2D eigenvalue weighted by Gasteiger charge is -2.09. The van der Waals surface area contributed by atoms with Crippen molar-refractivity contribution in [3.8, 4) is 0 Å². The zero-order valence-electron chi connectivity index (χ0n) is 13.0. The molecule has 24 heavy (non-hydrogen) atoms. The Kier molecular flexibility index (Phi) is 4.43. The molecule has 0 aromatic heterocycles. The number of urea groups is 1. The summed E-state index contributed by atoms with van der Waals surface area (Å²) >= 11 is 0. The minimum atomic E-state index is -0.576. The number of fused-ring (bicyclic) bond motifs is 1. The van der Waals surface area contributed by atoms with E-state index in [2.05, 4.69) is 10.6 Å². The van der Waals surface area contributed by atoms with Crippen LogP contribution in [0.25, 0.3) is 10.8 Å². The van der Waals surface area contributed by atoms with E-state index in [1.165, 1.54) is 0 Å². The number of anilines is 1. The van der Waals surface area contributed by atoms with Gasteiger partial charge in [0.05, 0.1) is 0 Å². The molecule has 3 rings (SSSR count). The third-order valence-corrected chi connectivity index (χ3v) is 3.72. The quantitative estimate of drug-likeness (QED) is 0.689. The van der Waals surface area contributed by atoms with Gasteiger partial charge < -0.3 is 16.4 Å². The second-order valence-corrected chi connectivity index (χ2v) is 5.40. The van der Waals surface area contributed by atoms with Crippen molar-refractivity contribution in [2.75, 3.05) is 5.32 Å². The summed E-state index contributed by atoms with van der Waals surface area (Å²) in [5, 5.41) is 7.52. The van der Waals surface area contributed by atoms with Gasteiger partial charge in [-0.1, -0.05) is 48.5 Å². The van der Waals surface area contributed by atoms with E-state index in [0.717, 1.165) is 22.0 Å². The molecule has 0 saturated heterocycles. The van der Waals surface area contributed by atoms with Gasteiger partial charge in [-0.3, -0.25) is 4.79 Å². The SMILES string of the molecule is NC(=O)NCc1ccc(C(=O)Nc2cccc3ccccc23)cc1. The van der Waals surface area contributed by atoms with Crippen LogP contribution in [0, 0.1) is 0 Å². The van der Waals surface area contributed by atoms with Crippen LogP contribution in [0.3, 0.4) is 0 Å². The summed E-state index contributed by atoms with van der Waals surface area (Å²) in [5.74, 6) is -0.180. The first-order chi connectivity index (χ1) is 11.6. The second kappa shape index (κ2) is 6.83. The molecule has 0 atom stereocenters. The van der Waals surface area contributed by atoms with Crippen molar-refractivity contribution < 1.29 is 9.59 Å². The minimum Gasteiger partial charge on any atom is -0.352 e. The molecule has 3 amide bonds. The van der Waals surface area contributed by atoms with Crippen LogP contribution in [-0.4, -0.2) is 11.9 Å². The molecule has 0 saturated carbocycles. The molecule has 3 aromatic carbocycles. The molecule has 3 aromatic rings. The summed E-state index contributed by atoms with van der Waals surface area (Å²) < 4.78 is 0. The molecule has 0 heterocycles. The minimum absolute atomic E-state index is 0.180. The summed E-state index contributed by atoms with van der Waals surface area (Å²) in [5.41, 5.74) is 7.23. The number of hydrogen-bond acceptors (Lipinski definition) is 2. The lowest BCUT2D eigenvalue weighted by Crippen LogP contribution is -2.28. The van der Waals surface area contributed by atoms with Crippen molar-refractivity contribution in [3.05, 3.63) is 77.9 Å². The number of primary amides is 1. The molecule has 120 valence electrons. The van der Waals surface area contributed by atoms with Crippen molar-refractivity contribution in [1.29, 1.82) is 0 Å². The first-order valence-electron chi connectivity index (χ1n) is 7.55. The zero-order chi connectivity index (χ0) is 16.9. The first kappa shape index (κ1) is 15.6. The van der Waals surface area contributed by atoms with Crippen LogP contribution in [0.4, 0.5) is 10.5 Å². The molecule has 4 N–H and O–H groups in total. The van der Waals surface area contributed by atoms with Gasteiger partial charge >= 0.3 is 6.03 Å². The topological polar surface area (TPSA) is 84.2 Å². The fourth-order valence-electron chi connectivity index (χ4n) is 2.49. The zero-order valence-corrected chi connectivity index (χ0v) is 13.0. The normalized spacial score (nSPS) is 10.3. The van der Waals surface area contributed by atoms with Gasteiger partial charge in [0.15, 0.2) is 0 Å². The van der Waals surface area contributed by atoms with Gasteiger partial charge in [0.25, 0.3) is 5.91 Å². The van der Waals surface area contributed by atoms with Gasteiger partial charge in [0, 0.05) is 23.2 Å². The number of nitrogens with one attached hydrogen (secondary N) is 2. The molecule has 5 nitrogen and oxygen atoms in total. The third kappa shape index (κ3) is 3.52. The maximum Gasteiger partial charge on any atom is 0.312 e. The average Bonchev–Trinajstić information content (AvgIpc) is 2.60. The average molecular weight is 319 g/mol. The Bertz CT molecular complexity index is 883. The van der Waals surface area contributed by atoms with Crippen molar-refractivity contribution in [3.63, 3.8) is 0 Å². The summed E-state index contributed by atoms with van der Waals surface area (Å²) in [4.78, 5) is 23.1. The van der Waals surface area contributed by atoms with Gasteiger partial charge in [0.2, 0.25) is 0 Å². The van der Waals surface area contributed by atoms with E-state index >= 15 is 0 Å². The Morgan fingerprint density at radius 2 is 1.58 bits per heavy atom. The molecule has 0 radical (unpaired) electrons. The predicted molar refractivity (Wildman–Crippen MR) is 94.8 cm³/mol. The smallest absolute Gasteiger partial charge is 0.312 e. The van der Waals surface area contributed by atoms with Gasteiger partial charge in [-0.15, -0.1) is 0 Å². The van der Waals surface area contributed by atoms with E-state index in [1.807, 2.05) is 42.5 Å². The maximum atomic E-state index is 12.4. The molecule has 0 fully saturated rings. The van der Waals surface area contributed by atoms with Crippen LogP contribution in [0.2, 0.25) is 0 Å². The van der Waals surface area contributed by atoms with Crippen molar-refractivity contribution in [2.45, 2.75) is 6.54 Å². The van der Waals surface area contributed by atoms with E-state index in [-0.39, 0.29) is 5.91 Å². The molecule has 5 heteroatoms. The van der Waals surface area contributed by atoms with Crippen LogP contribution in [0.15, 0.2) is 66.7 Å². The highest BCUT2D eigenvalue weighted by atomic mass is 16.2. The molecule has 0 aliphatic rings. The van der Waals surface area contributed by atoms with Crippen LogP contribution >= 0.6 is 0 Å². The van der Waals surface area contributed by atoms with Crippen molar-refractivity contribution in [1.82, 2.24) is 5.32 Å². The summed E-state index contributed by atoms with van der Waals surface area (Å²) in [7, 11) is 0. The summed E-state index contributed by atoms with van der Waals surface area (Å²) in [6.45, 7) is 0.334. The van der Waals surface area contributed by atoms with E-state index in [9.17, 15) is 9.59 Å². The van der Waals surface area contributed by atoms with E-state index in [1.54, 1.807) is 24.3 Å². The van der Waals surface area contributed by atoms with Gasteiger partial charge in [-0.2, -0.15) is 0 Å². The summed E-state index contributed by atoms with van der Waals surface area (Å²) in [6.07, 6.45) is 0. The Morgan fingerprint density at radius 3 is 2.33 bits per heavy atom. The highest BCUT2D eigenvalue weighted by molar-refractivity contribution is 6.09. The molecule has 0 unspecified atom stereocenters. The highest BCUT2D eigenvalue weighted by Gasteiger charge is 2.08. The maximum absolute atomic E-state index is 12.4. The van der Waals surface area contributed by atoms with Crippen molar-refractivity contribution >= 4 is 28.4 Å². The predicted octanol–water partition coefficient (Wildman–Crippen LogP) is 3.26. The first-order valence-corrected chi connectivity index (χ1v) is 7.55. The third-order valence-electron chi connectivity index (χ3n) is 3.72. The Balaban J connectivity index is 1.75. The largest absolute Gasteiger partial charge is 0.352 e. The van der Waals surface area contributed by atoms with E-state index in [4.69, 9.17) is 5.73 Å². The van der Waals surface area contributed by atoms with Crippen LogP contribution in [-0.2, 0) is 6.54 Å². The lowest BCUT2D eigenvalue weighted by molar-refractivity contribution is 0.102. The number of hydrogen-bond donors (Lipinski definition) is 3. The lowest BCUT2D eigenvalue weighted by atomic mass is 10.1. The van der Waals surface area contributed by atoms with Crippen molar-refractivity contribution in [2.24, 2.45) is 5.73 Å². The monoisotopic (exact) mass is 319 g/mol. The summed E-state index contributed by atoms with van der Waals surface area (Å²) in [6, 6.07) is 20.1. The second-order valence-electron chi connectivity index (χ2n) is 5.40. The Morgan fingerprint density at radius 1 is 0.875 bits per heavy atom. The Labute approximate surface area is 139 Å². The molecule has 0 spiro atoms. The Hall–Kier alpha value is -3.34. The van der Waals surface area contributed by atoms with Crippen LogP contribution in [0.5, 0.6) is 0 Å². The number of rotatable bonds is 4. The molecule has 0 bridgehead atoms. The number of carbonyl (C=O) groups excluding carboxylic acids is 2. The number of amides is 3. The van der Waals surface area contributed by atoms with Gasteiger partial charge in [-0.05, 0) is 29.1 Å². The molecular weight excluding hydrogens is 302 g/mol. The molecule has 0 aliphatic heterocycles. The van der Waals surface area contributed by atoms with E-state index in [0.29, 0.717) is 12.1 Å². The molecule has 0 aliphatic carbocycles. The van der Waals surface area contributed by atoms with Gasteiger partial charge in [-0.25, -0.2) is 4.79 Å².